The predicted octanol–water partition coefficient (Wildman–Crippen LogP) is 8.55. The molecule has 0 aromatic heterocycles. The largest absolute Gasteiger partial charge is 0.435 e. The fourth-order valence-electron chi connectivity index (χ4n) is 3.89. The van der Waals surface area contributed by atoms with Gasteiger partial charge < -0.3 is 15.4 Å². The number of alkyl halides is 12. The van der Waals surface area contributed by atoms with Crippen LogP contribution < -0.4 is 15.4 Å². The number of carbonyl (C=O) groups excluding carboxylic acids is 2. The predicted molar refractivity (Wildman–Crippen MR) is 126 cm³/mol. The maximum absolute atomic E-state index is 15.2. The quantitative estimate of drug-likeness (QED) is 0.252. The zero-order chi connectivity index (χ0) is 33.4. The summed E-state index contributed by atoms with van der Waals surface area (Å²) >= 11 is 0. The average molecular weight is 650 g/mol. The van der Waals surface area contributed by atoms with Gasteiger partial charge in [-0.1, -0.05) is 18.2 Å². The van der Waals surface area contributed by atoms with E-state index in [4.69, 9.17) is 0 Å². The van der Waals surface area contributed by atoms with Gasteiger partial charge in [0, 0.05) is 5.56 Å². The Balaban J connectivity index is 2.02. The molecule has 18 heteroatoms. The smallest absolute Gasteiger partial charge is 0.433 e. The lowest BCUT2D eigenvalue weighted by Crippen LogP contribution is -2.50. The molecule has 0 bridgehead atoms. The fraction of sp³-hybridized carbons (Fsp3) is 0.231. The highest BCUT2D eigenvalue weighted by Gasteiger charge is 2.73. The van der Waals surface area contributed by atoms with Crippen molar-refractivity contribution < 1.29 is 71.4 Å². The molecule has 0 aliphatic heterocycles. The second-order valence-corrected chi connectivity index (χ2v) is 8.82. The Morgan fingerprint density at radius 2 is 1.30 bits per heavy atom. The van der Waals surface area contributed by atoms with Gasteiger partial charge in [-0.15, -0.1) is 0 Å². The normalized spacial score (nSPS) is 12.7. The lowest BCUT2D eigenvalue weighted by atomic mass is 9.92. The van der Waals surface area contributed by atoms with Crippen molar-refractivity contribution in [1.82, 2.24) is 0 Å². The summed E-state index contributed by atoms with van der Waals surface area (Å²) in [4.78, 5) is 25.3. The zero-order valence-electron chi connectivity index (χ0n) is 21.4. The summed E-state index contributed by atoms with van der Waals surface area (Å²) in [6.07, 6.45) is -18.2. The maximum Gasteiger partial charge on any atom is 0.435 e. The molecule has 0 atom stereocenters. The monoisotopic (exact) mass is 650 g/mol. The Labute approximate surface area is 237 Å². The van der Waals surface area contributed by atoms with Gasteiger partial charge in [0.2, 0.25) is 0 Å². The van der Waals surface area contributed by atoms with Gasteiger partial charge in [0.05, 0.1) is 28.1 Å². The molecule has 2 amide bonds. The number of carbonyl (C=O) groups is 2. The van der Waals surface area contributed by atoms with E-state index in [-0.39, 0.29) is 12.1 Å². The molecule has 0 saturated heterocycles. The van der Waals surface area contributed by atoms with Gasteiger partial charge in [-0.2, -0.15) is 48.3 Å². The molecule has 238 valence electrons. The van der Waals surface area contributed by atoms with Crippen molar-refractivity contribution in [2.24, 2.45) is 0 Å². The molecular formula is C26H15F13N2O3. The Bertz CT molecular complexity index is 1550. The summed E-state index contributed by atoms with van der Waals surface area (Å²) in [5.74, 6) is -6.21. The highest BCUT2D eigenvalue weighted by atomic mass is 19.4. The van der Waals surface area contributed by atoms with Gasteiger partial charge in [0.15, 0.2) is 5.82 Å². The van der Waals surface area contributed by atoms with Crippen LogP contribution in [0.3, 0.4) is 0 Å². The first-order chi connectivity index (χ1) is 20.1. The van der Waals surface area contributed by atoms with Crippen LogP contribution in [-0.2, 0) is 11.8 Å². The van der Waals surface area contributed by atoms with Crippen molar-refractivity contribution in [1.29, 1.82) is 0 Å². The van der Waals surface area contributed by atoms with Crippen molar-refractivity contribution in [3.8, 4) is 5.75 Å². The van der Waals surface area contributed by atoms with Crippen LogP contribution in [0.4, 0.5) is 68.5 Å². The molecule has 0 aliphatic rings. The second-order valence-electron chi connectivity index (χ2n) is 8.82. The van der Waals surface area contributed by atoms with Crippen LogP contribution >= 0.6 is 0 Å². The first-order valence-corrected chi connectivity index (χ1v) is 11.6. The minimum atomic E-state index is -6.63. The van der Waals surface area contributed by atoms with Crippen molar-refractivity contribution in [3.63, 3.8) is 0 Å². The van der Waals surface area contributed by atoms with Crippen LogP contribution in [0, 0.1) is 12.7 Å². The molecule has 3 aromatic carbocycles. The van der Waals surface area contributed by atoms with Crippen LogP contribution in [0.1, 0.15) is 37.4 Å². The summed E-state index contributed by atoms with van der Waals surface area (Å²) in [7, 11) is 0. The minimum absolute atomic E-state index is 0.0555. The molecule has 0 radical (unpaired) electrons. The van der Waals surface area contributed by atoms with Gasteiger partial charge in [-0.25, -0.2) is 8.78 Å². The Morgan fingerprint density at radius 1 is 0.750 bits per heavy atom. The van der Waals surface area contributed by atoms with Crippen LogP contribution in [0.5, 0.6) is 5.75 Å². The van der Waals surface area contributed by atoms with E-state index in [0.717, 1.165) is 36.4 Å². The number of rotatable bonds is 7. The second kappa shape index (κ2) is 11.9. The van der Waals surface area contributed by atoms with Crippen LogP contribution in [0.15, 0.2) is 54.6 Å². The number of nitrogens with one attached hydrogen (secondary N) is 2. The van der Waals surface area contributed by atoms with E-state index in [1.54, 1.807) is 5.32 Å². The third-order valence-corrected chi connectivity index (χ3v) is 5.90. The Kier molecular flexibility index (Phi) is 9.17. The number of benzene rings is 3. The van der Waals surface area contributed by atoms with E-state index < -0.39 is 93.4 Å². The molecule has 44 heavy (non-hydrogen) atoms. The number of amides is 2. The molecule has 0 saturated carbocycles. The van der Waals surface area contributed by atoms with E-state index in [1.165, 1.54) is 0 Å². The molecule has 0 heterocycles. The van der Waals surface area contributed by atoms with Gasteiger partial charge in [0.25, 0.3) is 11.8 Å². The Morgan fingerprint density at radius 3 is 1.84 bits per heavy atom. The van der Waals surface area contributed by atoms with Crippen molar-refractivity contribution in [3.05, 3.63) is 88.2 Å². The number of ether oxygens (including phenoxy) is 1. The molecular weight excluding hydrogens is 635 g/mol. The summed E-state index contributed by atoms with van der Waals surface area (Å²) < 4.78 is 179. The number of anilines is 2. The van der Waals surface area contributed by atoms with E-state index in [9.17, 15) is 62.3 Å². The van der Waals surface area contributed by atoms with Gasteiger partial charge in [0.1, 0.15) is 5.75 Å². The summed E-state index contributed by atoms with van der Waals surface area (Å²) in [5, 5.41) is 3.58. The van der Waals surface area contributed by atoms with Crippen LogP contribution in [0.25, 0.3) is 0 Å². The number of aryl methyl sites for hydroxylation is 1. The van der Waals surface area contributed by atoms with Crippen molar-refractivity contribution in [2.45, 2.75) is 37.7 Å². The summed E-state index contributed by atoms with van der Waals surface area (Å²) in [6, 6.07) is 5.42. The SMILES string of the molecule is Cc1cc(C(F)(C(F)(F)F)C(F)(F)F)cc(OC(F)F)c1NC(=O)c1cccc(NC(=O)c2ccccc2C(F)(F)F)c1F. The number of halogens is 13. The average Bonchev–Trinajstić information content (AvgIpc) is 2.88. The van der Waals surface area contributed by atoms with Gasteiger partial charge in [-0.05, 0) is 48.9 Å². The van der Waals surface area contributed by atoms with Crippen LogP contribution in [-0.4, -0.2) is 30.8 Å². The van der Waals surface area contributed by atoms with Crippen molar-refractivity contribution >= 4 is 23.2 Å². The molecule has 0 unspecified atom stereocenters. The highest BCUT2D eigenvalue weighted by Crippen LogP contribution is 2.54. The maximum atomic E-state index is 15.2. The van der Waals surface area contributed by atoms with Crippen molar-refractivity contribution in [2.75, 3.05) is 10.6 Å². The molecule has 3 rings (SSSR count). The molecule has 5 nitrogen and oxygen atoms in total. The molecule has 3 aromatic rings. The third kappa shape index (κ3) is 6.67. The first kappa shape index (κ1) is 34.0. The topological polar surface area (TPSA) is 67.4 Å². The number of hydrogen-bond donors (Lipinski definition) is 2. The Hall–Kier alpha value is -4.51. The molecule has 0 fully saturated rings. The number of hydrogen-bond acceptors (Lipinski definition) is 3. The van der Waals surface area contributed by atoms with Gasteiger partial charge in [-0.3, -0.25) is 9.59 Å². The van der Waals surface area contributed by atoms with E-state index in [0.29, 0.717) is 13.0 Å². The minimum Gasteiger partial charge on any atom is -0.433 e. The zero-order valence-corrected chi connectivity index (χ0v) is 21.4. The molecule has 0 spiro atoms. The van der Waals surface area contributed by atoms with Gasteiger partial charge >= 0.3 is 30.8 Å². The first-order valence-electron chi connectivity index (χ1n) is 11.6. The fourth-order valence-corrected chi connectivity index (χ4v) is 3.89. The van der Waals surface area contributed by atoms with E-state index >= 15 is 4.39 Å². The van der Waals surface area contributed by atoms with E-state index in [2.05, 4.69) is 4.74 Å². The molecule has 2 N–H and O–H groups in total. The molecule has 0 aliphatic carbocycles. The summed E-state index contributed by atoms with van der Waals surface area (Å²) in [5.41, 5.74) is -14.4. The lowest BCUT2D eigenvalue weighted by molar-refractivity contribution is -0.348. The van der Waals surface area contributed by atoms with Crippen LogP contribution in [0.2, 0.25) is 0 Å². The standard InChI is InChI=1S/C26H15F13N2O3/c1-11-9-12(23(30,25(34,35)36)26(37,38)39)10-17(44-22(28)29)19(11)41-21(43)14-6-4-8-16(18(14)27)40-20(42)13-5-2-3-7-15(13)24(31,32)33/h2-10,22H,1H3,(H,40,42)(H,41,43). The van der Waals surface area contributed by atoms with E-state index in [1.807, 2.05) is 5.32 Å². The third-order valence-electron chi connectivity index (χ3n) is 5.90. The summed E-state index contributed by atoms with van der Waals surface area (Å²) in [6.45, 7) is -3.23. The lowest BCUT2D eigenvalue weighted by Gasteiger charge is -2.31. The highest BCUT2D eigenvalue weighted by molar-refractivity contribution is 6.08.